The van der Waals surface area contributed by atoms with E-state index in [-0.39, 0.29) is 6.54 Å². The maximum Gasteiger partial charge on any atom is 0.227 e. The van der Waals surface area contributed by atoms with E-state index in [0.717, 1.165) is 11.5 Å². The fourth-order valence-electron chi connectivity index (χ4n) is 0.790. The molecule has 0 amide bonds. The third-order valence-corrected chi connectivity index (χ3v) is 1.89. The minimum atomic E-state index is -1.15. The maximum atomic E-state index is 9.65. The number of hydrogen-bond donors (Lipinski definition) is 2. The molecule has 0 aromatic carbocycles. The molecule has 4 heteroatoms. The lowest BCUT2D eigenvalue weighted by molar-refractivity contribution is 0.0368. The van der Waals surface area contributed by atoms with E-state index >= 15 is 0 Å². The molecule has 0 spiro atoms. The lowest BCUT2D eigenvalue weighted by Crippen LogP contribution is -2.31. The van der Waals surface area contributed by atoms with Crippen molar-refractivity contribution in [1.29, 1.82) is 0 Å². The third-order valence-electron chi connectivity index (χ3n) is 1.89. The van der Waals surface area contributed by atoms with Crippen LogP contribution in [0.25, 0.3) is 0 Å². The van der Waals surface area contributed by atoms with Crippen molar-refractivity contribution in [2.75, 3.05) is 6.54 Å². The van der Waals surface area contributed by atoms with Gasteiger partial charge in [-0.25, -0.2) is 4.98 Å². The highest BCUT2D eigenvalue weighted by Gasteiger charge is 2.27. The first-order valence-corrected chi connectivity index (χ1v) is 3.84. The van der Waals surface area contributed by atoms with Crippen molar-refractivity contribution in [3.8, 4) is 0 Å². The van der Waals surface area contributed by atoms with Gasteiger partial charge in [-0.15, -0.1) is 0 Å². The SMILES string of the molecule is Cc1nc(C(C)(O)CN)oc1C. The van der Waals surface area contributed by atoms with Gasteiger partial charge in [0.1, 0.15) is 11.4 Å². The largest absolute Gasteiger partial charge is 0.443 e. The molecule has 4 nitrogen and oxygen atoms in total. The summed E-state index contributed by atoms with van der Waals surface area (Å²) in [4.78, 5) is 4.06. The van der Waals surface area contributed by atoms with Crippen molar-refractivity contribution < 1.29 is 9.52 Å². The predicted octanol–water partition coefficient (Wildman–Crippen LogP) is 0.458. The van der Waals surface area contributed by atoms with E-state index in [4.69, 9.17) is 10.2 Å². The van der Waals surface area contributed by atoms with Crippen LogP contribution in [0.1, 0.15) is 24.3 Å². The second-order valence-electron chi connectivity index (χ2n) is 3.14. The molecule has 1 rings (SSSR count). The Bertz CT molecular complexity index is 259. The smallest absolute Gasteiger partial charge is 0.227 e. The summed E-state index contributed by atoms with van der Waals surface area (Å²) in [5.41, 5.74) is 4.98. The van der Waals surface area contributed by atoms with E-state index in [1.54, 1.807) is 13.8 Å². The Hall–Kier alpha value is -0.870. The molecule has 0 bridgehead atoms. The second kappa shape index (κ2) is 2.88. The fraction of sp³-hybridized carbons (Fsp3) is 0.625. The van der Waals surface area contributed by atoms with E-state index < -0.39 is 5.60 Å². The molecular weight excluding hydrogens is 156 g/mol. The van der Waals surface area contributed by atoms with Gasteiger partial charge < -0.3 is 15.3 Å². The molecule has 1 unspecified atom stereocenters. The summed E-state index contributed by atoms with van der Waals surface area (Å²) in [6, 6.07) is 0. The first-order chi connectivity index (χ1) is 5.47. The van der Waals surface area contributed by atoms with Crippen molar-refractivity contribution in [2.24, 2.45) is 5.73 Å². The molecule has 0 saturated carbocycles. The zero-order chi connectivity index (χ0) is 9.35. The van der Waals surface area contributed by atoms with Crippen LogP contribution in [0.5, 0.6) is 0 Å². The van der Waals surface area contributed by atoms with Crippen molar-refractivity contribution in [3.63, 3.8) is 0 Å². The number of aliphatic hydroxyl groups is 1. The van der Waals surface area contributed by atoms with Crippen LogP contribution in [0.15, 0.2) is 4.42 Å². The van der Waals surface area contributed by atoms with Gasteiger partial charge in [0, 0.05) is 6.54 Å². The van der Waals surface area contributed by atoms with Gasteiger partial charge in [-0.3, -0.25) is 0 Å². The highest BCUT2D eigenvalue weighted by atomic mass is 16.4. The zero-order valence-electron chi connectivity index (χ0n) is 7.59. The summed E-state index contributed by atoms with van der Waals surface area (Å²) >= 11 is 0. The maximum absolute atomic E-state index is 9.65. The van der Waals surface area contributed by atoms with Gasteiger partial charge in [0.15, 0.2) is 0 Å². The van der Waals surface area contributed by atoms with Crippen molar-refractivity contribution >= 4 is 0 Å². The van der Waals surface area contributed by atoms with Gasteiger partial charge in [0.05, 0.1) is 5.69 Å². The summed E-state index contributed by atoms with van der Waals surface area (Å²) in [6.07, 6.45) is 0. The minimum absolute atomic E-state index is 0.104. The van der Waals surface area contributed by atoms with Crippen LogP contribution in [-0.4, -0.2) is 16.6 Å². The highest BCUT2D eigenvalue weighted by molar-refractivity contribution is 5.09. The Morgan fingerprint density at radius 2 is 2.17 bits per heavy atom. The van der Waals surface area contributed by atoms with Crippen LogP contribution in [0.4, 0.5) is 0 Å². The molecule has 1 aromatic rings. The number of nitrogens with zero attached hydrogens (tertiary/aromatic N) is 1. The van der Waals surface area contributed by atoms with Gasteiger partial charge in [-0.1, -0.05) is 0 Å². The Balaban J connectivity index is 3.04. The third kappa shape index (κ3) is 1.49. The summed E-state index contributed by atoms with van der Waals surface area (Å²) in [5, 5.41) is 9.65. The van der Waals surface area contributed by atoms with Crippen LogP contribution in [-0.2, 0) is 5.60 Å². The van der Waals surface area contributed by atoms with Gasteiger partial charge in [-0.05, 0) is 20.8 Å². The van der Waals surface area contributed by atoms with E-state index in [1.807, 2.05) is 6.92 Å². The number of nitrogens with two attached hydrogens (primary N) is 1. The number of hydrogen-bond acceptors (Lipinski definition) is 4. The van der Waals surface area contributed by atoms with Gasteiger partial charge in [0.25, 0.3) is 0 Å². The van der Waals surface area contributed by atoms with Gasteiger partial charge in [-0.2, -0.15) is 0 Å². The number of rotatable bonds is 2. The first kappa shape index (κ1) is 9.22. The number of aromatic nitrogens is 1. The molecule has 0 aliphatic heterocycles. The molecule has 1 aromatic heterocycles. The Kier molecular flexibility index (Phi) is 2.21. The second-order valence-corrected chi connectivity index (χ2v) is 3.14. The molecule has 1 atom stereocenters. The summed E-state index contributed by atoms with van der Waals surface area (Å²) in [7, 11) is 0. The normalized spacial score (nSPS) is 16.1. The first-order valence-electron chi connectivity index (χ1n) is 3.84. The van der Waals surface area contributed by atoms with Crippen LogP contribution in [0.3, 0.4) is 0 Å². The van der Waals surface area contributed by atoms with Crippen LogP contribution in [0.2, 0.25) is 0 Å². The molecular formula is C8H14N2O2. The van der Waals surface area contributed by atoms with Crippen molar-refractivity contribution in [2.45, 2.75) is 26.4 Å². The van der Waals surface area contributed by atoms with Crippen LogP contribution in [0, 0.1) is 13.8 Å². The topological polar surface area (TPSA) is 72.3 Å². The predicted molar refractivity (Wildman–Crippen MR) is 44.6 cm³/mol. The Morgan fingerprint density at radius 3 is 2.50 bits per heavy atom. The summed E-state index contributed by atoms with van der Waals surface area (Å²) < 4.78 is 5.23. The standard InChI is InChI=1S/C8H14N2O2/c1-5-6(2)12-7(10-5)8(3,11)4-9/h11H,4,9H2,1-3H3. The molecule has 1 heterocycles. The monoisotopic (exact) mass is 170 g/mol. The van der Waals surface area contributed by atoms with Crippen molar-refractivity contribution in [3.05, 3.63) is 17.3 Å². The van der Waals surface area contributed by atoms with E-state index in [0.29, 0.717) is 5.89 Å². The molecule has 0 aliphatic carbocycles. The van der Waals surface area contributed by atoms with E-state index in [2.05, 4.69) is 4.98 Å². The molecule has 0 aliphatic rings. The Labute approximate surface area is 71.4 Å². The van der Waals surface area contributed by atoms with E-state index in [9.17, 15) is 5.11 Å². The lowest BCUT2D eigenvalue weighted by atomic mass is 10.1. The summed E-state index contributed by atoms with van der Waals surface area (Å²) in [6.45, 7) is 5.32. The molecule has 0 radical (unpaired) electrons. The van der Waals surface area contributed by atoms with Crippen molar-refractivity contribution in [1.82, 2.24) is 4.98 Å². The average Bonchev–Trinajstić information content (AvgIpc) is 2.33. The van der Waals surface area contributed by atoms with Crippen LogP contribution < -0.4 is 5.73 Å². The van der Waals surface area contributed by atoms with E-state index in [1.165, 1.54) is 0 Å². The summed E-state index contributed by atoms with van der Waals surface area (Å²) in [5.74, 6) is 1.01. The molecule has 12 heavy (non-hydrogen) atoms. The quantitative estimate of drug-likeness (QED) is 0.676. The zero-order valence-corrected chi connectivity index (χ0v) is 7.59. The van der Waals surface area contributed by atoms with Gasteiger partial charge in [0.2, 0.25) is 5.89 Å². The molecule has 3 N–H and O–H groups in total. The lowest BCUT2D eigenvalue weighted by Gasteiger charge is -2.15. The molecule has 68 valence electrons. The van der Waals surface area contributed by atoms with Gasteiger partial charge >= 0.3 is 0 Å². The minimum Gasteiger partial charge on any atom is -0.443 e. The molecule has 0 saturated heterocycles. The fourth-order valence-corrected chi connectivity index (χ4v) is 0.790. The number of oxazole rings is 1. The van der Waals surface area contributed by atoms with Crippen LogP contribution >= 0.6 is 0 Å². The molecule has 0 fully saturated rings. The Morgan fingerprint density at radius 1 is 1.58 bits per heavy atom. The number of aryl methyl sites for hydroxylation is 2. The highest BCUT2D eigenvalue weighted by Crippen LogP contribution is 2.20. The average molecular weight is 170 g/mol.